The minimum absolute atomic E-state index is 0.204. The van der Waals surface area contributed by atoms with Crippen LogP contribution in [0.1, 0.15) is 25.8 Å². The first kappa shape index (κ1) is 16.5. The summed E-state index contributed by atoms with van der Waals surface area (Å²) in [6.07, 6.45) is 2.67. The number of aliphatic hydroxyl groups excluding tert-OH is 1. The standard InChI is InChI=1S/C16H25NO3/c1-4-9-20-15-8-7-13(10-16(15)19-6-3)11-17-14(5-2)12-18/h4,7-8,10,14,17-18H,1,5-6,9,11-12H2,2-3H3/p+1/t14-/m1/s1. The molecule has 0 heterocycles. The second kappa shape index (κ2) is 9.39. The second-order valence-corrected chi connectivity index (χ2v) is 4.60. The highest BCUT2D eigenvalue weighted by atomic mass is 16.5. The van der Waals surface area contributed by atoms with Gasteiger partial charge in [0.2, 0.25) is 0 Å². The van der Waals surface area contributed by atoms with Crippen molar-refractivity contribution in [1.82, 2.24) is 0 Å². The van der Waals surface area contributed by atoms with Crippen molar-refractivity contribution in [3.63, 3.8) is 0 Å². The smallest absolute Gasteiger partial charge is 0.161 e. The van der Waals surface area contributed by atoms with Gasteiger partial charge in [-0.2, -0.15) is 0 Å². The van der Waals surface area contributed by atoms with Gasteiger partial charge in [0.25, 0.3) is 0 Å². The summed E-state index contributed by atoms with van der Waals surface area (Å²) >= 11 is 0. The summed E-state index contributed by atoms with van der Waals surface area (Å²) < 4.78 is 11.2. The van der Waals surface area contributed by atoms with Gasteiger partial charge in [0, 0.05) is 5.56 Å². The molecule has 1 rings (SSSR count). The van der Waals surface area contributed by atoms with Crippen LogP contribution in [0.2, 0.25) is 0 Å². The van der Waals surface area contributed by atoms with E-state index in [1.54, 1.807) is 6.08 Å². The molecule has 0 aliphatic carbocycles. The normalized spacial score (nSPS) is 11.9. The fourth-order valence-electron chi connectivity index (χ4n) is 1.89. The maximum atomic E-state index is 9.20. The summed E-state index contributed by atoms with van der Waals surface area (Å²) in [6.45, 7) is 9.77. The number of rotatable bonds is 10. The zero-order valence-corrected chi connectivity index (χ0v) is 12.5. The number of hydrogen-bond donors (Lipinski definition) is 2. The Hall–Kier alpha value is -1.52. The first-order valence-electron chi connectivity index (χ1n) is 7.18. The molecule has 0 amide bonds. The third-order valence-corrected chi connectivity index (χ3v) is 3.11. The Morgan fingerprint density at radius 3 is 2.70 bits per heavy atom. The van der Waals surface area contributed by atoms with E-state index in [0.29, 0.717) is 13.2 Å². The molecule has 1 aromatic rings. The average molecular weight is 280 g/mol. The van der Waals surface area contributed by atoms with E-state index in [4.69, 9.17) is 9.47 Å². The molecule has 0 aromatic heterocycles. The van der Waals surface area contributed by atoms with Gasteiger partial charge in [-0.3, -0.25) is 0 Å². The molecule has 0 saturated carbocycles. The molecule has 0 aliphatic heterocycles. The summed E-state index contributed by atoms with van der Waals surface area (Å²) in [4.78, 5) is 0. The molecule has 20 heavy (non-hydrogen) atoms. The zero-order chi connectivity index (χ0) is 14.8. The lowest BCUT2D eigenvalue weighted by atomic mass is 10.1. The van der Waals surface area contributed by atoms with Crippen molar-refractivity contribution in [2.45, 2.75) is 32.9 Å². The molecule has 0 saturated heterocycles. The van der Waals surface area contributed by atoms with Crippen molar-refractivity contribution in [3.05, 3.63) is 36.4 Å². The molecule has 1 atom stereocenters. The molecular weight excluding hydrogens is 254 g/mol. The Labute approximate surface area is 121 Å². The Kier molecular flexibility index (Phi) is 7.77. The van der Waals surface area contributed by atoms with Gasteiger partial charge in [-0.05, 0) is 31.5 Å². The Morgan fingerprint density at radius 2 is 2.10 bits per heavy atom. The predicted octanol–water partition coefficient (Wildman–Crippen LogP) is 1.48. The second-order valence-electron chi connectivity index (χ2n) is 4.60. The van der Waals surface area contributed by atoms with Crippen LogP contribution in [0.25, 0.3) is 0 Å². The van der Waals surface area contributed by atoms with Crippen molar-refractivity contribution >= 4 is 0 Å². The number of nitrogens with two attached hydrogens (primary N) is 1. The van der Waals surface area contributed by atoms with Crippen molar-refractivity contribution in [3.8, 4) is 11.5 Å². The van der Waals surface area contributed by atoms with E-state index in [9.17, 15) is 5.11 Å². The maximum absolute atomic E-state index is 9.20. The highest BCUT2D eigenvalue weighted by Crippen LogP contribution is 2.28. The highest BCUT2D eigenvalue weighted by Gasteiger charge is 2.10. The first-order chi connectivity index (χ1) is 9.74. The fourth-order valence-corrected chi connectivity index (χ4v) is 1.89. The van der Waals surface area contributed by atoms with Crippen LogP contribution >= 0.6 is 0 Å². The quantitative estimate of drug-likeness (QED) is 0.638. The lowest BCUT2D eigenvalue weighted by Gasteiger charge is -2.14. The van der Waals surface area contributed by atoms with Gasteiger partial charge < -0.3 is 19.9 Å². The van der Waals surface area contributed by atoms with Gasteiger partial charge in [0.05, 0.1) is 13.2 Å². The van der Waals surface area contributed by atoms with E-state index in [2.05, 4.69) is 18.8 Å². The maximum Gasteiger partial charge on any atom is 0.161 e. The van der Waals surface area contributed by atoms with Gasteiger partial charge in [0.15, 0.2) is 11.5 Å². The Morgan fingerprint density at radius 1 is 1.30 bits per heavy atom. The lowest BCUT2D eigenvalue weighted by molar-refractivity contribution is -0.706. The molecule has 0 unspecified atom stereocenters. The molecule has 0 bridgehead atoms. The summed E-state index contributed by atoms with van der Waals surface area (Å²) in [7, 11) is 0. The number of quaternary nitrogens is 1. The molecule has 0 aliphatic rings. The number of benzene rings is 1. The summed E-state index contributed by atoms with van der Waals surface area (Å²) in [5, 5.41) is 11.3. The molecular formula is C16H26NO3+. The van der Waals surface area contributed by atoms with Crippen LogP contribution in [-0.2, 0) is 6.54 Å². The highest BCUT2D eigenvalue weighted by molar-refractivity contribution is 5.42. The third-order valence-electron chi connectivity index (χ3n) is 3.11. The molecule has 0 spiro atoms. The largest absolute Gasteiger partial charge is 0.490 e. The van der Waals surface area contributed by atoms with Gasteiger partial charge in [-0.1, -0.05) is 19.6 Å². The number of aliphatic hydroxyl groups is 1. The van der Waals surface area contributed by atoms with Crippen LogP contribution in [-0.4, -0.2) is 31.0 Å². The average Bonchev–Trinajstić information content (AvgIpc) is 2.48. The van der Waals surface area contributed by atoms with Gasteiger partial charge in [0.1, 0.15) is 19.2 Å². The fraction of sp³-hybridized carbons (Fsp3) is 0.500. The van der Waals surface area contributed by atoms with Gasteiger partial charge >= 0.3 is 0 Å². The number of hydrogen-bond acceptors (Lipinski definition) is 3. The third kappa shape index (κ3) is 5.23. The summed E-state index contributed by atoms with van der Waals surface area (Å²) in [5.41, 5.74) is 1.16. The van der Waals surface area contributed by atoms with E-state index in [1.807, 2.05) is 25.1 Å². The van der Waals surface area contributed by atoms with Crippen LogP contribution in [0.5, 0.6) is 11.5 Å². The molecule has 0 radical (unpaired) electrons. The van der Waals surface area contributed by atoms with Crippen molar-refractivity contribution in [1.29, 1.82) is 0 Å². The van der Waals surface area contributed by atoms with Crippen LogP contribution in [0.4, 0.5) is 0 Å². The Balaban J connectivity index is 2.72. The van der Waals surface area contributed by atoms with E-state index in [-0.39, 0.29) is 12.6 Å². The van der Waals surface area contributed by atoms with Crippen LogP contribution in [0, 0.1) is 0 Å². The van der Waals surface area contributed by atoms with Crippen LogP contribution < -0.4 is 14.8 Å². The van der Waals surface area contributed by atoms with Crippen molar-refractivity contribution < 1.29 is 19.9 Å². The zero-order valence-electron chi connectivity index (χ0n) is 12.5. The first-order valence-corrected chi connectivity index (χ1v) is 7.18. The number of ether oxygens (including phenoxy) is 2. The molecule has 112 valence electrons. The van der Waals surface area contributed by atoms with Crippen LogP contribution in [0.3, 0.4) is 0 Å². The summed E-state index contributed by atoms with van der Waals surface area (Å²) in [6, 6.07) is 6.21. The minimum Gasteiger partial charge on any atom is -0.490 e. The molecule has 0 fully saturated rings. The van der Waals surface area contributed by atoms with E-state index in [1.165, 1.54) is 0 Å². The lowest BCUT2D eigenvalue weighted by Crippen LogP contribution is -2.89. The molecule has 1 aromatic carbocycles. The SMILES string of the molecule is C=CCOc1ccc(C[NH2+][C@H](CC)CO)cc1OCC. The topological polar surface area (TPSA) is 55.3 Å². The molecule has 4 heteroatoms. The molecule has 3 N–H and O–H groups in total. The van der Waals surface area contributed by atoms with Gasteiger partial charge in [-0.15, -0.1) is 0 Å². The minimum atomic E-state index is 0.204. The monoisotopic (exact) mass is 280 g/mol. The van der Waals surface area contributed by atoms with E-state index >= 15 is 0 Å². The van der Waals surface area contributed by atoms with E-state index < -0.39 is 0 Å². The molecule has 4 nitrogen and oxygen atoms in total. The van der Waals surface area contributed by atoms with Gasteiger partial charge in [-0.25, -0.2) is 0 Å². The predicted molar refractivity (Wildman–Crippen MR) is 80.1 cm³/mol. The van der Waals surface area contributed by atoms with Crippen molar-refractivity contribution in [2.75, 3.05) is 19.8 Å². The Bertz CT molecular complexity index is 403. The van der Waals surface area contributed by atoms with E-state index in [0.717, 1.165) is 30.0 Å². The van der Waals surface area contributed by atoms with Crippen LogP contribution in [0.15, 0.2) is 30.9 Å². The summed E-state index contributed by atoms with van der Waals surface area (Å²) in [5.74, 6) is 1.50. The van der Waals surface area contributed by atoms with Crippen molar-refractivity contribution in [2.24, 2.45) is 0 Å².